The molecule has 16 heavy (non-hydrogen) atoms. The minimum atomic E-state index is -0.504. The van der Waals surface area contributed by atoms with E-state index in [1.54, 1.807) is 17.5 Å². The highest BCUT2D eigenvalue weighted by molar-refractivity contribution is 7.07. The van der Waals surface area contributed by atoms with E-state index in [0.29, 0.717) is 6.42 Å². The summed E-state index contributed by atoms with van der Waals surface area (Å²) in [4.78, 5) is 4.23. The van der Waals surface area contributed by atoms with Gasteiger partial charge in [0.25, 0.3) is 0 Å². The van der Waals surface area contributed by atoms with Gasteiger partial charge >= 0.3 is 0 Å². The van der Waals surface area contributed by atoms with Gasteiger partial charge in [0.2, 0.25) is 0 Å². The number of aryl methyl sites for hydroxylation is 1. The van der Waals surface area contributed by atoms with E-state index in [1.165, 1.54) is 5.56 Å². The zero-order chi connectivity index (χ0) is 11.4. The molecule has 1 unspecified atom stereocenters. The van der Waals surface area contributed by atoms with Crippen molar-refractivity contribution < 1.29 is 5.11 Å². The third-order valence-electron chi connectivity index (χ3n) is 2.52. The lowest BCUT2D eigenvalue weighted by Gasteiger charge is -2.11. The maximum absolute atomic E-state index is 10.1. The fourth-order valence-electron chi connectivity index (χ4n) is 1.77. The highest BCUT2D eigenvalue weighted by Crippen LogP contribution is 2.18. The molecule has 0 spiro atoms. The van der Waals surface area contributed by atoms with Crippen LogP contribution in [0.25, 0.3) is 0 Å². The molecule has 2 rings (SSSR count). The maximum atomic E-state index is 10.1. The van der Waals surface area contributed by atoms with E-state index in [4.69, 9.17) is 0 Å². The normalized spacial score (nSPS) is 12.9. The number of hydrogen-bond acceptors (Lipinski definition) is 3. The molecule has 0 saturated carbocycles. The first kappa shape index (κ1) is 11.4. The van der Waals surface area contributed by atoms with Crippen molar-refractivity contribution in [1.29, 1.82) is 0 Å². The third kappa shape index (κ3) is 2.51. The molecule has 3 nitrogen and oxygen atoms in total. The number of imidazole rings is 1. The van der Waals surface area contributed by atoms with Gasteiger partial charge in [-0.25, -0.2) is 4.98 Å². The Hall–Kier alpha value is -1.13. The smallest absolute Gasteiger partial charge is 0.137 e. The summed E-state index contributed by atoms with van der Waals surface area (Å²) in [5.74, 6) is 0.771. The van der Waals surface area contributed by atoms with Gasteiger partial charge in [-0.3, -0.25) is 0 Å². The Morgan fingerprint density at radius 1 is 1.56 bits per heavy atom. The summed E-state index contributed by atoms with van der Waals surface area (Å²) in [5.41, 5.74) is 1.17. The van der Waals surface area contributed by atoms with E-state index < -0.39 is 6.10 Å². The molecular formula is C12H16N2OS. The van der Waals surface area contributed by atoms with Crippen LogP contribution in [0, 0.1) is 0 Å². The summed E-state index contributed by atoms with van der Waals surface area (Å²) >= 11 is 1.65. The van der Waals surface area contributed by atoms with E-state index in [-0.39, 0.29) is 0 Å². The van der Waals surface area contributed by atoms with Crippen LogP contribution in [0.1, 0.15) is 30.8 Å². The zero-order valence-corrected chi connectivity index (χ0v) is 10.2. The molecule has 0 aromatic carbocycles. The summed E-state index contributed by atoms with van der Waals surface area (Å²) in [5, 5.41) is 14.2. The number of rotatable bonds is 5. The molecule has 86 valence electrons. The van der Waals surface area contributed by atoms with Crippen LogP contribution in [-0.4, -0.2) is 14.7 Å². The van der Waals surface area contributed by atoms with Gasteiger partial charge in [0.05, 0.1) is 0 Å². The van der Waals surface area contributed by atoms with Crippen LogP contribution < -0.4 is 0 Å². The summed E-state index contributed by atoms with van der Waals surface area (Å²) in [7, 11) is 0. The van der Waals surface area contributed by atoms with E-state index >= 15 is 0 Å². The van der Waals surface area contributed by atoms with Gasteiger partial charge in [-0.1, -0.05) is 6.92 Å². The topological polar surface area (TPSA) is 38.0 Å². The van der Waals surface area contributed by atoms with Crippen molar-refractivity contribution in [2.45, 2.75) is 32.4 Å². The highest BCUT2D eigenvalue weighted by atomic mass is 32.1. The number of thiophene rings is 1. The first-order valence-corrected chi connectivity index (χ1v) is 6.45. The lowest BCUT2D eigenvalue weighted by Crippen LogP contribution is -2.10. The Bertz CT molecular complexity index is 422. The molecule has 2 aromatic rings. The largest absolute Gasteiger partial charge is 0.385 e. The second-order valence-corrected chi connectivity index (χ2v) is 4.61. The van der Waals surface area contributed by atoms with Gasteiger partial charge in [-0.05, 0) is 28.8 Å². The number of aromatic nitrogens is 2. The van der Waals surface area contributed by atoms with Gasteiger partial charge < -0.3 is 9.67 Å². The second kappa shape index (κ2) is 5.27. The summed E-state index contributed by atoms with van der Waals surface area (Å²) in [6.07, 6.45) is 4.87. The molecule has 0 aliphatic carbocycles. The van der Waals surface area contributed by atoms with E-state index in [9.17, 15) is 5.11 Å². The summed E-state index contributed by atoms with van der Waals surface area (Å²) < 4.78 is 2.02. The number of hydrogen-bond donors (Lipinski definition) is 1. The molecular weight excluding hydrogens is 220 g/mol. The molecule has 4 heteroatoms. The quantitative estimate of drug-likeness (QED) is 0.866. The first-order chi connectivity index (χ1) is 7.81. The van der Waals surface area contributed by atoms with Crippen molar-refractivity contribution in [2.24, 2.45) is 0 Å². The second-order valence-electron chi connectivity index (χ2n) is 3.83. The van der Waals surface area contributed by atoms with Crippen LogP contribution >= 0.6 is 11.3 Å². The lowest BCUT2D eigenvalue weighted by atomic mass is 10.1. The van der Waals surface area contributed by atoms with Crippen LogP contribution in [-0.2, 0) is 13.0 Å². The van der Waals surface area contributed by atoms with Crippen molar-refractivity contribution in [1.82, 2.24) is 9.55 Å². The Kier molecular flexibility index (Phi) is 3.74. The van der Waals surface area contributed by atoms with Crippen molar-refractivity contribution in [2.75, 3.05) is 0 Å². The average Bonchev–Trinajstić information content (AvgIpc) is 2.89. The average molecular weight is 236 g/mol. The molecule has 2 aromatic heterocycles. The van der Waals surface area contributed by atoms with Crippen LogP contribution in [0.3, 0.4) is 0 Å². The van der Waals surface area contributed by atoms with Crippen LogP contribution in [0.4, 0.5) is 0 Å². The number of nitrogens with zero attached hydrogens (tertiary/aromatic N) is 2. The fraction of sp³-hybridized carbons (Fsp3) is 0.417. The minimum Gasteiger partial charge on any atom is -0.385 e. The Morgan fingerprint density at radius 2 is 2.44 bits per heavy atom. The monoisotopic (exact) mass is 236 g/mol. The van der Waals surface area contributed by atoms with Gasteiger partial charge in [-0.2, -0.15) is 11.3 Å². The molecule has 0 fully saturated rings. The van der Waals surface area contributed by atoms with Gasteiger partial charge in [0.1, 0.15) is 11.9 Å². The standard InChI is InChI=1S/C12H16N2OS/c1-2-5-14-6-4-13-12(14)11(15)8-10-3-7-16-9-10/h3-4,6-7,9,11,15H,2,5,8H2,1H3. The Labute approximate surface area is 99.4 Å². The molecule has 0 radical (unpaired) electrons. The molecule has 1 atom stereocenters. The van der Waals surface area contributed by atoms with Crippen LogP contribution in [0.2, 0.25) is 0 Å². The van der Waals surface area contributed by atoms with Crippen molar-refractivity contribution in [3.63, 3.8) is 0 Å². The van der Waals surface area contributed by atoms with Crippen LogP contribution in [0.15, 0.2) is 29.2 Å². The summed E-state index contributed by atoms with van der Waals surface area (Å²) in [6, 6.07) is 2.04. The SMILES string of the molecule is CCCn1ccnc1C(O)Cc1ccsc1. The highest BCUT2D eigenvalue weighted by Gasteiger charge is 2.14. The molecule has 0 saturated heterocycles. The molecule has 1 N–H and O–H groups in total. The lowest BCUT2D eigenvalue weighted by molar-refractivity contribution is 0.163. The van der Waals surface area contributed by atoms with Crippen molar-refractivity contribution in [3.05, 3.63) is 40.6 Å². The minimum absolute atomic E-state index is 0.504. The first-order valence-electron chi connectivity index (χ1n) is 5.51. The molecule has 0 bridgehead atoms. The number of aliphatic hydroxyl groups excluding tert-OH is 1. The van der Waals surface area contributed by atoms with E-state index in [2.05, 4.69) is 17.3 Å². The van der Waals surface area contributed by atoms with Gasteiger partial charge in [0, 0.05) is 25.4 Å². The number of aliphatic hydroxyl groups is 1. The third-order valence-corrected chi connectivity index (χ3v) is 3.25. The predicted molar refractivity (Wildman–Crippen MR) is 65.5 cm³/mol. The fourth-order valence-corrected chi connectivity index (χ4v) is 2.45. The van der Waals surface area contributed by atoms with Crippen molar-refractivity contribution >= 4 is 11.3 Å². The summed E-state index contributed by atoms with van der Waals surface area (Å²) in [6.45, 7) is 3.03. The van der Waals surface area contributed by atoms with Crippen LogP contribution in [0.5, 0.6) is 0 Å². The van der Waals surface area contributed by atoms with E-state index in [0.717, 1.165) is 18.8 Å². The molecule has 0 aliphatic heterocycles. The molecule has 0 aliphatic rings. The Balaban J connectivity index is 2.08. The zero-order valence-electron chi connectivity index (χ0n) is 9.34. The molecule has 0 amide bonds. The van der Waals surface area contributed by atoms with E-state index in [1.807, 2.05) is 22.2 Å². The predicted octanol–water partition coefficient (Wildman–Crippen LogP) is 2.63. The van der Waals surface area contributed by atoms with Gasteiger partial charge in [-0.15, -0.1) is 0 Å². The van der Waals surface area contributed by atoms with Crippen molar-refractivity contribution in [3.8, 4) is 0 Å². The van der Waals surface area contributed by atoms with Gasteiger partial charge in [0.15, 0.2) is 0 Å². The Morgan fingerprint density at radius 3 is 3.12 bits per heavy atom. The maximum Gasteiger partial charge on any atom is 0.137 e. The molecule has 2 heterocycles.